The Labute approximate surface area is 165 Å². The summed E-state index contributed by atoms with van der Waals surface area (Å²) < 4.78 is 5.96. The van der Waals surface area contributed by atoms with Crippen molar-refractivity contribution in [3.05, 3.63) is 95.3 Å². The summed E-state index contributed by atoms with van der Waals surface area (Å²) in [6.45, 7) is 0.700. The second-order valence-electron chi connectivity index (χ2n) is 6.40. The molecule has 0 atom stereocenters. The van der Waals surface area contributed by atoms with Crippen LogP contribution in [0.1, 0.15) is 27.2 Å². The number of carbonyl (C=O) groups excluding carboxylic acids is 1. The zero-order chi connectivity index (χ0) is 19.6. The highest BCUT2D eigenvalue weighted by Crippen LogP contribution is 2.19. The molecular formula is C23H24N2O3. The van der Waals surface area contributed by atoms with E-state index in [0.29, 0.717) is 12.2 Å². The summed E-state index contributed by atoms with van der Waals surface area (Å²) in [6.07, 6.45) is 3.33. The summed E-state index contributed by atoms with van der Waals surface area (Å²) in [7, 11) is 0. The number of aliphatic hydroxyl groups is 1. The molecule has 28 heavy (non-hydrogen) atoms. The normalized spacial score (nSPS) is 10.5. The summed E-state index contributed by atoms with van der Waals surface area (Å²) in [5.74, 6) is 0.619. The Hall–Kier alpha value is -3.18. The lowest BCUT2D eigenvalue weighted by Gasteiger charge is -2.11. The van der Waals surface area contributed by atoms with Gasteiger partial charge in [0, 0.05) is 18.3 Å². The number of amides is 1. The quantitative estimate of drug-likeness (QED) is 0.602. The van der Waals surface area contributed by atoms with E-state index in [4.69, 9.17) is 9.84 Å². The first-order valence-electron chi connectivity index (χ1n) is 9.35. The van der Waals surface area contributed by atoms with Gasteiger partial charge in [-0.25, -0.2) is 0 Å². The predicted octanol–water partition coefficient (Wildman–Crippen LogP) is 3.17. The van der Waals surface area contributed by atoms with E-state index in [1.54, 1.807) is 18.3 Å². The van der Waals surface area contributed by atoms with Crippen molar-refractivity contribution in [2.24, 2.45) is 0 Å². The van der Waals surface area contributed by atoms with Crippen molar-refractivity contribution in [1.82, 2.24) is 10.3 Å². The molecule has 0 radical (unpaired) electrons. The van der Waals surface area contributed by atoms with Crippen LogP contribution in [0.5, 0.6) is 5.75 Å². The number of benzene rings is 2. The average Bonchev–Trinajstić information content (AvgIpc) is 2.76. The SMILES string of the molecule is O=C(NCCO)c1ccc(CCc2ncccc2OCc2ccccc2)cc1. The Morgan fingerprint density at radius 1 is 0.929 bits per heavy atom. The van der Waals surface area contributed by atoms with E-state index in [1.165, 1.54) is 0 Å². The fraction of sp³-hybridized carbons (Fsp3) is 0.217. The molecule has 0 fully saturated rings. The van der Waals surface area contributed by atoms with Gasteiger partial charge in [-0.15, -0.1) is 0 Å². The second-order valence-corrected chi connectivity index (χ2v) is 6.40. The molecule has 0 bridgehead atoms. The molecule has 144 valence electrons. The molecule has 2 N–H and O–H groups in total. The molecule has 3 rings (SSSR count). The van der Waals surface area contributed by atoms with Crippen LogP contribution in [0.15, 0.2) is 72.9 Å². The lowest BCUT2D eigenvalue weighted by atomic mass is 10.0. The topological polar surface area (TPSA) is 71.5 Å². The number of aliphatic hydroxyl groups excluding tert-OH is 1. The highest BCUT2D eigenvalue weighted by atomic mass is 16.5. The van der Waals surface area contributed by atoms with Crippen LogP contribution in [0.2, 0.25) is 0 Å². The lowest BCUT2D eigenvalue weighted by molar-refractivity contribution is 0.0945. The fourth-order valence-corrected chi connectivity index (χ4v) is 2.83. The van der Waals surface area contributed by atoms with Crippen LogP contribution in [-0.4, -0.2) is 29.1 Å². The number of ether oxygens (including phenoxy) is 1. The fourth-order valence-electron chi connectivity index (χ4n) is 2.83. The van der Waals surface area contributed by atoms with Crippen molar-refractivity contribution in [1.29, 1.82) is 0 Å². The Morgan fingerprint density at radius 2 is 1.71 bits per heavy atom. The van der Waals surface area contributed by atoms with Crippen LogP contribution >= 0.6 is 0 Å². The third-order valence-electron chi connectivity index (χ3n) is 4.35. The van der Waals surface area contributed by atoms with Gasteiger partial charge in [0.1, 0.15) is 12.4 Å². The standard InChI is InChI=1S/C23H24N2O3/c26-16-15-25-23(27)20-11-8-18(9-12-20)10-13-21-22(7-4-14-24-21)28-17-19-5-2-1-3-6-19/h1-9,11-12,14,26H,10,13,15-17H2,(H,25,27). The van der Waals surface area contributed by atoms with E-state index in [1.807, 2.05) is 54.6 Å². The number of hydrogen-bond acceptors (Lipinski definition) is 4. The van der Waals surface area contributed by atoms with Gasteiger partial charge in [-0.2, -0.15) is 0 Å². The second kappa shape index (κ2) is 10.2. The third-order valence-corrected chi connectivity index (χ3v) is 4.35. The van der Waals surface area contributed by atoms with Gasteiger partial charge in [-0.1, -0.05) is 42.5 Å². The van der Waals surface area contributed by atoms with Gasteiger partial charge in [0.15, 0.2) is 0 Å². The number of nitrogens with one attached hydrogen (secondary N) is 1. The van der Waals surface area contributed by atoms with Gasteiger partial charge in [-0.3, -0.25) is 9.78 Å². The van der Waals surface area contributed by atoms with E-state index in [0.717, 1.165) is 35.4 Å². The summed E-state index contributed by atoms with van der Waals surface area (Å²) in [4.78, 5) is 16.4. The number of nitrogens with zero attached hydrogens (tertiary/aromatic N) is 1. The van der Waals surface area contributed by atoms with Gasteiger partial charge >= 0.3 is 0 Å². The lowest BCUT2D eigenvalue weighted by Crippen LogP contribution is -2.26. The zero-order valence-electron chi connectivity index (χ0n) is 15.7. The Morgan fingerprint density at radius 3 is 2.46 bits per heavy atom. The number of hydrogen-bond donors (Lipinski definition) is 2. The maximum absolute atomic E-state index is 11.9. The molecule has 0 aliphatic carbocycles. The summed E-state index contributed by atoms with van der Waals surface area (Å²) in [5.41, 5.74) is 3.75. The largest absolute Gasteiger partial charge is 0.487 e. The minimum Gasteiger partial charge on any atom is -0.487 e. The van der Waals surface area contributed by atoms with E-state index >= 15 is 0 Å². The molecule has 0 aliphatic heterocycles. The van der Waals surface area contributed by atoms with E-state index in [9.17, 15) is 4.79 Å². The van der Waals surface area contributed by atoms with Crippen molar-refractivity contribution >= 4 is 5.91 Å². The minimum absolute atomic E-state index is 0.0669. The minimum atomic E-state index is -0.179. The van der Waals surface area contributed by atoms with Crippen molar-refractivity contribution in [2.75, 3.05) is 13.2 Å². The average molecular weight is 376 g/mol. The van der Waals surface area contributed by atoms with Gasteiger partial charge in [0.05, 0.1) is 12.3 Å². The van der Waals surface area contributed by atoms with E-state index in [2.05, 4.69) is 10.3 Å². The summed E-state index contributed by atoms with van der Waals surface area (Å²) >= 11 is 0. The Kier molecular flexibility index (Phi) is 7.15. The van der Waals surface area contributed by atoms with Crippen molar-refractivity contribution in [3.8, 4) is 5.75 Å². The highest BCUT2D eigenvalue weighted by molar-refractivity contribution is 5.94. The number of rotatable bonds is 9. The van der Waals surface area contributed by atoms with Crippen LogP contribution in [0.3, 0.4) is 0 Å². The molecule has 5 heteroatoms. The van der Waals surface area contributed by atoms with Crippen LogP contribution < -0.4 is 10.1 Å². The Bertz CT molecular complexity index is 880. The smallest absolute Gasteiger partial charge is 0.251 e. The number of pyridine rings is 1. The zero-order valence-corrected chi connectivity index (χ0v) is 15.7. The maximum Gasteiger partial charge on any atom is 0.251 e. The molecule has 1 aromatic heterocycles. The van der Waals surface area contributed by atoms with Crippen LogP contribution in [-0.2, 0) is 19.4 Å². The predicted molar refractivity (Wildman–Crippen MR) is 108 cm³/mol. The molecular weight excluding hydrogens is 352 g/mol. The monoisotopic (exact) mass is 376 g/mol. The first-order valence-corrected chi connectivity index (χ1v) is 9.35. The van der Waals surface area contributed by atoms with Gasteiger partial charge < -0.3 is 15.2 Å². The maximum atomic E-state index is 11.9. The molecule has 0 unspecified atom stereocenters. The summed E-state index contributed by atoms with van der Waals surface area (Å²) in [6, 6.07) is 21.4. The van der Waals surface area contributed by atoms with Crippen LogP contribution in [0.4, 0.5) is 0 Å². The van der Waals surface area contributed by atoms with Crippen molar-refractivity contribution in [2.45, 2.75) is 19.4 Å². The first-order chi connectivity index (χ1) is 13.8. The first kappa shape index (κ1) is 19.6. The van der Waals surface area contributed by atoms with Crippen molar-refractivity contribution < 1.29 is 14.6 Å². The van der Waals surface area contributed by atoms with Crippen molar-refractivity contribution in [3.63, 3.8) is 0 Å². The van der Waals surface area contributed by atoms with Gasteiger partial charge in [0.25, 0.3) is 5.91 Å². The van der Waals surface area contributed by atoms with Crippen LogP contribution in [0, 0.1) is 0 Å². The molecule has 0 saturated carbocycles. The number of carbonyl (C=O) groups is 1. The molecule has 0 aliphatic rings. The summed E-state index contributed by atoms with van der Waals surface area (Å²) in [5, 5.41) is 11.4. The Balaban J connectivity index is 1.58. The van der Waals surface area contributed by atoms with Crippen LogP contribution in [0.25, 0.3) is 0 Å². The number of aryl methyl sites for hydroxylation is 2. The number of aromatic nitrogens is 1. The molecule has 3 aromatic rings. The highest BCUT2D eigenvalue weighted by Gasteiger charge is 2.08. The molecule has 1 amide bonds. The van der Waals surface area contributed by atoms with Gasteiger partial charge in [-0.05, 0) is 48.2 Å². The molecule has 0 spiro atoms. The third kappa shape index (κ3) is 5.66. The van der Waals surface area contributed by atoms with E-state index in [-0.39, 0.29) is 19.1 Å². The molecule has 5 nitrogen and oxygen atoms in total. The van der Waals surface area contributed by atoms with Gasteiger partial charge in [0.2, 0.25) is 0 Å². The van der Waals surface area contributed by atoms with E-state index < -0.39 is 0 Å². The molecule has 2 aromatic carbocycles. The molecule has 1 heterocycles. The molecule has 0 saturated heterocycles.